The van der Waals surface area contributed by atoms with Gasteiger partial charge < -0.3 is 15.3 Å². The van der Waals surface area contributed by atoms with Crippen LogP contribution in [0.2, 0.25) is 0 Å². The van der Waals surface area contributed by atoms with Crippen LogP contribution in [0, 0.1) is 0 Å². The van der Waals surface area contributed by atoms with Gasteiger partial charge in [0.1, 0.15) is 6.04 Å². The Balaban J connectivity index is 0.00000288. The lowest BCUT2D eigenvalue weighted by atomic mass is 10.0. The summed E-state index contributed by atoms with van der Waals surface area (Å²) in [5.74, 6) is 2.30. The summed E-state index contributed by atoms with van der Waals surface area (Å²) >= 11 is 1.72. The molecule has 2 fully saturated rings. The average molecular weight is 482 g/mol. The molecule has 0 aliphatic carbocycles. The molecule has 2 atom stereocenters. The maximum atomic E-state index is 12.8. The second-order valence-corrected chi connectivity index (χ2v) is 7.27. The summed E-state index contributed by atoms with van der Waals surface area (Å²) in [7, 11) is 1.65. The number of rotatable bonds is 3. The van der Waals surface area contributed by atoms with Crippen LogP contribution in [-0.4, -0.2) is 90.0 Å². The normalized spacial score (nSPS) is 27.8. The third kappa shape index (κ3) is 5.80. The molecule has 2 aliphatic heterocycles. The Bertz CT molecular complexity index is 425. The molecule has 0 aromatic heterocycles. The second-order valence-electron chi connectivity index (χ2n) is 6.17. The Morgan fingerprint density at radius 2 is 1.96 bits per heavy atom. The van der Waals surface area contributed by atoms with Crippen molar-refractivity contribution in [3.8, 4) is 0 Å². The van der Waals surface area contributed by atoms with Crippen LogP contribution in [0.4, 0.5) is 13.2 Å². The standard InChI is InChI=1S/C14H25F3N4OS.HI/c1-11(14(15,16)17)20-4-6-21(7-5-20)12(18-2)19-9-13(22)3-8-23-10-13;/h11,22H,3-10H2,1-2H3,(H,18,19);1H. The number of thioether (sulfide) groups is 1. The highest BCUT2D eigenvalue weighted by Gasteiger charge is 2.41. The smallest absolute Gasteiger partial charge is 0.387 e. The fourth-order valence-electron chi connectivity index (χ4n) is 2.84. The second kappa shape index (κ2) is 9.13. The van der Waals surface area contributed by atoms with Gasteiger partial charge >= 0.3 is 6.18 Å². The molecule has 2 N–H and O–H groups in total. The predicted molar refractivity (Wildman–Crippen MR) is 102 cm³/mol. The predicted octanol–water partition coefficient (Wildman–Crippen LogP) is 1.62. The lowest BCUT2D eigenvalue weighted by Crippen LogP contribution is -2.58. The highest BCUT2D eigenvalue weighted by Crippen LogP contribution is 2.27. The monoisotopic (exact) mass is 482 g/mol. The van der Waals surface area contributed by atoms with E-state index >= 15 is 0 Å². The van der Waals surface area contributed by atoms with Crippen molar-refractivity contribution in [3.63, 3.8) is 0 Å². The Morgan fingerprint density at radius 3 is 2.42 bits per heavy atom. The summed E-state index contributed by atoms with van der Waals surface area (Å²) < 4.78 is 38.3. The molecule has 2 unspecified atom stereocenters. The molecule has 0 aromatic carbocycles. The summed E-state index contributed by atoms with van der Waals surface area (Å²) in [4.78, 5) is 7.59. The molecule has 10 heteroatoms. The molecule has 0 amide bonds. The van der Waals surface area contributed by atoms with Crippen molar-refractivity contribution < 1.29 is 18.3 Å². The van der Waals surface area contributed by atoms with Crippen molar-refractivity contribution in [2.45, 2.75) is 31.2 Å². The molecule has 24 heavy (non-hydrogen) atoms. The summed E-state index contributed by atoms with van der Waals surface area (Å²) in [5.41, 5.74) is -0.715. The first kappa shape index (κ1) is 22.1. The number of aliphatic hydroxyl groups is 1. The van der Waals surface area contributed by atoms with Gasteiger partial charge in [-0.3, -0.25) is 9.89 Å². The number of nitrogens with one attached hydrogen (secondary N) is 1. The Kier molecular flexibility index (Phi) is 8.41. The van der Waals surface area contributed by atoms with Crippen molar-refractivity contribution >= 4 is 41.7 Å². The van der Waals surface area contributed by atoms with E-state index in [0.717, 1.165) is 12.2 Å². The number of guanidine groups is 1. The van der Waals surface area contributed by atoms with Gasteiger partial charge in [0.15, 0.2) is 5.96 Å². The summed E-state index contributed by atoms with van der Waals surface area (Å²) in [5, 5.41) is 13.5. The van der Waals surface area contributed by atoms with E-state index in [1.807, 2.05) is 4.90 Å². The van der Waals surface area contributed by atoms with E-state index in [1.54, 1.807) is 18.8 Å². The molecular formula is C14H26F3IN4OS. The fourth-order valence-corrected chi connectivity index (χ4v) is 4.13. The van der Waals surface area contributed by atoms with Crippen molar-refractivity contribution in [2.24, 2.45) is 4.99 Å². The number of hydrogen-bond donors (Lipinski definition) is 2. The van der Waals surface area contributed by atoms with Crippen LogP contribution >= 0.6 is 35.7 Å². The number of halogens is 4. The third-order valence-corrected chi connectivity index (χ3v) is 5.74. The highest BCUT2D eigenvalue weighted by atomic mass is 127. The van der Waals surface area contributed by atoms with Gasteiger partial charge in [0.2, 0.25) is 0 Å². The first-order valence-corrected chi connectivity index (χ1v) is 8.97. The minimum Gasteiger partial charge on any atom is -0.387 e. The maximum Gasteiger partial charge on any atom is 0.403 e. The summed E-state index contributed by atoms with van der Waals surface area (Å²) in [6.45, 7) is 3.31. The van der Waals surface area contributed by atoms with Gasteiger partial charge in [-0.25, -0.2) is 0 Å². The fraction of sp³-hybridized carbons (Fsp3) is 0.929. The Hall–Kier alpha value is 0.0600. The molecule has 2 aliphatic rings. The molecule has 0 spiro atoms. The van der Waals surface area contributed by atoms with E-state index in [4.69, 9.17) is 0 Å². The van der Waals surface area contributed by atoms with Crippen LogP contribution in [0.1, 0.15) is 13.3 Å². The third-order valence-electron chi connectivity index (χ3n) is 4.51. The largest absolute Gasteiger partial charge is 0.403 e. The number of aliphatic imine (C=N–C) groups is 1. The van der Waals surface area contributed by atoms with E-state index in [-0.39, 0.29) is 24.0 Å². The molecular weight excluding hydrogens is 456 g/mol. The zero-order valence-corrected chi connectivity index (χ0v) is 17.1. The van der Waals surface area contributed by atoms with Crippen molar-refractivity contribution in [1.82, 2.24) is 15.1 Å². The first-order valence-electron chi connectivity index (χ1n) is 7.82. The average Bonchev–Trinajstić information content (AvgIpc) is 2.94. The molecule has 0 bridgehead atoms. The molecule has 2 heterocycles. The van der Waals surface area contributed by atoms with Crippen molar-refractivity contribution in [2.75, 3.05) is 51.3 Å². The number of hydrogen-bond acceptors (Lipinski definition) is 4. The SMILES string of the molecule is CN=C(NCC1(O)CCSC1)N1CCN(C(C)C(F)(F)F)CC1.I. The number of piperazine rings is 1. The van der Waals surface area contributed by atoms with Gasteiger partial charge in [-0.2, -0.15) is 24.9 Å². The van der Waals surface area contributed by atoms with Gasteiger partial charge in [-0.1, -0.05) is 0 Å². The summed E-state index contributed by atoms with van der Waals surface area (Å²) in [6, 6.07) is -1.42. The van der Waals surface area contributed by atoms with Crippen LogP contribution in [0.3, 0.4) is 0 Å². The Labute approximate surface area is 162 Å². The number of nitrogens with zero attached hydrogens (tertiary/aromatic N) is 3. The van der Waals surface area contributed by atoms with Gasteiger partial charge in [0.25, 0.3) is 0 Å². The Morgan fingerprint density at radius 1 is 1.33 bits per heavy atom. The van der Waals surface area contributed by atoms with E-state index in [0.29, 0.717) is 44.4 Å². The topological polar surface area (TPSA) is 51.1 Å². The number of alkyl halides is 3. The van der Waals surface area contributed by atoms with Gasteiger partial charge in [0, 0.05) is 45.5 Å². The van der Waals surface area contributed by atoms with Crippen LogP contribution in [-0.2, 0) is 0 Å². The zero-order chi connectivity index (χ0) is 17.1. The lowest BCUT2D eigenvalue weighted by Gasteiger charge is -2.40. The molecule has 0 aromatic rings. The van der Waals surface area contributed by atoms with Gasteiger partial charge in [-0.05, 0) is 19.1 Å². The van der Waals surface area contributed by atoms with E-state index < -0.39 is 17.8 Å². The molecule has 2 rings (SSSR count). The van der Waals surface area contributed by atoms with Crippen LogP contribution in [0.25, 0.3) is 0 Å². The minimum atomic E-state index is -4.19. The summed E-state index contributed by atoms with van der Waals surface area (Å²) in [6.07, 6.45) is -3.44. The molecule has 5 nitrogen and oxygen atoms in total. The lowest BCUT2D eigenvalue weighted by molar-refractivity contribution is -0.181. The quantitative estimate of drug-likeness (QED) is 0.364. The van der Waals surface area contributed by atoms with Gasteiger partial charge in [0.05, 0.1) is 5.60 Å². The first-order chi connectivity index (χ1) is 10.7. The van der Waals surface area contributed by atoms with E-state index in [9.17, 15) is 18.3 Å². The zero-order valence-electron chi connectivity index (χ0n) is 14.0. The van der Waals surface area contributed by atoms with Crippen LogP contribution < -0.4 is 5.32 Å². The molecule has 0 radical (unpaired) electrons. The molecule has 2 saturated heterocycles. The maximum absolute atomic E-state index is 12.8. The van der Waals surface area contributed by atoms with Gasteiger partial charge in [-0.15, -0.1) is 24.0 Å². The molecule has 142 valence electrons. The van der Waals surface area contributed by atoms with Crippen molar-refractivity contribution in [1.29, 1.82) is 0 Å². The van der Waals surface area contributed by atoms with Crippen LogP contribution in [0.5, 0.6) is 0 Å². The molecule has 0 saturated carbocycles. The van der Waals surface area contributed by atoms with E-state index in [2.05, 4.69) is 10.3 Å². The van der Waals surface area contributed by atoms with Crippen molar-refractivity contribution in [3.05, 3.63) is 0 Å². The highest BCUT2D eigenvalue weighted by molar-refractivity contribution is 14.0. The van der Waals surface area contributed by atoms with E-state index in [1.165, 1.54) is 11.8 Å². The van der Waals surface area contributed by atoms with Crippen LogP contribution in [0.15, 0.2) is 4.99 Å². The minimum absolute atomic E-state index is 0.